The van der Waals surface area contributed by atoms with E-state index in [4.69, 9.17) is 16.3 Å². The van der Waals surface area contributed by atoms with Gasteiger partial charge in [0.15, 0.2) is 12.4 Å². The van der Waals surface area contributed by atoms with Crippen LogP contribution in [-0.2, 0) is 6.42 Å². The maximum atomic E-state index is 12.1. The number of carbonyl (C=O) groups excluding carboxylic acids is 1. The van der Waals surface area contributed by atoms with Crippen LogP contribution in [0.2, 0.25) is 5.02 Å². The van der Waals surface area contributed by atoms with Crippen molar-refractivity contribution < 1.29 is 9.53 Å². The number of Topliss-reactive ketones (excluding diaryl/α,β-unsaturated/α-hetero) is 1. The predicted octanol–water partition coefficient (Wildman–Crippen LogP) is 4.78. The molecule has 0 N–H and O–H groups in total. The minimum Gasteiger partial charge on any atom is -0.485 e. The van der Waals surface area contributed by atoms with Gasteiger partial charge >= 0.3 is 0 Å². The Morgan fingerprint density at radius 2 is 1.67 bits per heavy atom. The van der Waals surface area contributed by atoms with E-state index < -0.39 is 0 Å². The molecular weight excluding hydrogens is 284 g/mol. The first-order valence-electron chi connectivity index (χ1n) is 7.03. The Kier molecular flexibility index (Phi) is 5.03. The minimum absolute atomic E-state index is 0.0251. The van der Waals surface area contributed by atoms with Crippen molar-refractivity contribution in [3.63, 3.8) is 0 Å². The fraction of sp³-hybridized carbons (Fsp3) is 0.278. The summed E-state index contributed by atoms with van der Waals surface area (Å²) in [6.07, 6.45) is 0.967. The van der Waals surface area contributed by atoms with Crippen LogP contribution in [0.15, 0.2) is 36.4 Å². The lowest BCUT2D eigenvalue weighted by molar-refractivity contribution is 0.0921. The van der Waals surface area contributed by atoms with Crippen molar-refractivity contribution >= 4 is 17.4 Å². The van der Waals surface area contributed by atoms with E-state index in [1.807, 2.05) is 50.2 Å². The van der Waals surface area contributed by atoms with Crippen LogP contribution in [0.4, 0.5) is 0 Å². The topological polar surface area (TPSA) is 26.3 Å². The second-order valence-corrected chi connectivity index (χ2v) is 5.51. The first kappa shape index (κ1) is 15.6. The molecule has 0 aliphatic rings. The summed E-state index contributed by atoms with van der Waals surface area (Å²) in [6.45, 7) is 5.97. The van der Waals surface area contributed by atoms with Crippen molar-refractivity contribution in [2.75, 3.05) is 6.61 Å². The molecule has 0 aromatic heterocycles. The van der Waals surface area contributed by atoms with Crippen molar-refractivity contribution in [1.29, 1.82) is 0 Å². The number of halogens is 1. The van der Waals surface area contributed by atoms with E-state index in [1.165, 1.54) is 5.56 Å². The number of hydrogen-bond acceptors (Lipinski definition) is 2. The number of benzene rings is 2. The summed E-state index contributed by atoms with van der Waals surface area (Å²) in [7, 11) is 0. The van der Waals surface area contributed by atoms with Gasteiger partial charge in [-0.1, -0.05) is 42.8 Å². The average Bonchev–Trinajstić information content (AvgIpc) is 2.50. The maximum absolute atomic E-state index is 12.1. The Bertz CT molecular complexity index is 622. The normalized spacial score (nSPS) is 10.5. The van der Waals surface area contributed by atoms with Gasteiger partial charge in [0.1, 0.15) is 5.75 Å². The largest absolute Gasteiger partial charge is 0.485 e. The Hall–Kier alpha value is -1.80. The zero-order chi connectivity index (χ0) is 15.4. The highest BCUT2D eigenvalue weighted by Crippen LogP contribution is 2.25. The molecule has 0 aliphatic heterocycles. The van der Waals surface area contributed by atoms with Crippen LogP contribution in [0, 0.1) is 13.8 Å². The fourth-order valence-electron chi connectivity index (χ4n) is 2.15. The van der Waals surface area contributed by atoms with Crippen LogP contribution >= 0.6 is 11.6 Å². The molecule has 110 valence electrons. The van der Waals surface area contributed by atoms with Crippen molar-refractivity contribution in [3.8, 4) is 5.75 Å². The Labute approximate surface area is 130 Å². The molecule has 0 radical (unpaired) electrons. The first-order valence-corrected chi connectivity index (χ1v) is 7.40. The summed E-state index contributed by atoms with van der Waals surface area (Å²) < 4.78 is 5.59. The summed E-state index contributed by atoms with van der Waals surface area (Å²) in [6, 6.07) is 11.4. The predicted molar refractivity (Wildman–Crippen MR) is 86.6 cm³/mol. The molecule has 0 fully saturated rings. The molecule has 2 aromatic rings. The minimum atomic E-state index is -0.0251. The molecule has 0 aliphatic carbocycles. The molecule has 2 aromatic carbocycles. The van der Waals surface area contributed by atoms with Gasteiger partial charge in [-0.25, -0.2) is 0 Å². The van der Waals surface area contributed by atoms with Crippen LogP contribution in [-0.4, -0.2) is 12.4 Å². The number of hydrogen-bond donors (Lipinski definition) is 0. The number of ketones is 1. The molecule has 3 heteroatoms. The van der Waals surface area contributed by atoms with Crippen molar-refractivity contribution in [1.82, 2.24) is 0 Å². The molecule has 0 heterocycles. The lowest BCUT2D eigenvalue weighted by Gasteiger charge is -2.09. The monoisotopic (exact) mass is 302 g/mol. The Morgan fingerprint density at radius 1 is 1.10 bits per heavy atom. The summed E-state index contributed by atoms with van der Waals surface area (Å²) in [4.78, 5) is 12.1. The van der Waals surface area contributed by atoms with Crippen LogP contribution in [0.3, 0.4) is 0 Å². The van der Waals surface area contributed by atoms with E-state index in [1.54, 1.807) is 0 Å². The van der Waals surface area contributed by atoms with Gasteiger partial charge in [0, 0.05) is 10.6 Å². The molecule has 2 rings (SSSR count). The quantitative estimate of drug-likeness (QED) is 0.743. The third-order valence-corrected chi connectivity index (χ3v) is 4.06. The summed E-state index contributed by atoms with van der Waals surface area (Å²) in [5.41, 5.74) is 3.80. The van der Waals surface area contributed by atoms with Gasteiger partial charge in [-0.3, -0.25) is 4.79 Å². The van der Waals surface area contributed by atoms with E-state index in [0.717, 1.165) is 22.6 Å². The Balaban J connectivity index is 2.03. The van der Waals surface area contributed by atoms with Gasteiger partial charge in [0.05, 0.1) is 0 Å². The summed E-state index contributed by atoms with van der Waals surface area (Å²) in [5, 5.41) is 0.740. The smallest absolute Gasteiger partial charge is 0.200 e. The molecule has 0 atom stereocenters. The van der Waals surface area contributed by atoms with Crippen LogP contribution in [0.1, 0.15) is 34.0 Å². The molecule has 2 nitrogen and oxygen atoms in total. The number of carbonyl (C=O) groups is 1. The molecule has 0 unspecified atom stereocenters. The number of rotatable bonds is 5. The third-order valence-electron chi connectivity index (χ3n) is 3.46. The molecule has 0 amide bonds. The first-order chi connectivity index (χ1) is 10.0. The van der Waals surface area contributed by atoms with Gasteiger partial charge in [-0.05, 0) is 49.1 Å². The zero-order valence-electron chi connectivity index (χ0n) is 12.6. The highest BCUT2D eigenvalue weighted by atomic mass is 35.5. The standard InChI is InChI=1S/C18H19ClO2/c1-4-14-5-7-15(8-6-14)17(20)11-21-16-9-12(2)18(19)13(3)10-16/h5-10H,4,11H2,1-3H3. The van der Waals surface area contributed by atoms with Gasteiger partial charge in [-0.2, -0.15) is 0 Å². The van der Waals surface area contributed by atoms with Crippen LogP contribution in [0.25, 0.3) is 0 Å². The van der Waals surface area contributed by atoms with Crippen LogP contribution < -0.4 is 4.74 Å². The third kappa shape index (κ3) is 3.85. The van der Waals surface area contributed by atoms with Crippen molar-refractivity contribution in [2.45, 2.75) is 27.2 Å². The molecule has 0 saturated carbocycles. The van der Waals surface area contributed by atoms with E-state index in [2.05, 4.69) is 6.92 Å². The number of ether oxygens (including phenoxy) is 1. The van der Waals surface area contributed by atoms with E-state index >= 15 is 0 Å². The molecule has 21 heavy (non-hydrogen) atoms. The zero-order valence-corrected chi connectivity index (χ0v) is 13.3. The SMILES string of the molecule is CCc1ccc(C(=O)COc2cc(C)c(Cl)c(C)c2)cc1. The van der Waals surface area contributed by atoms with E-state index in [9.17, 15) is 4.79 Å². The van der Waals surface area contributed by atoms with Crippen LogP contribution in [0.5, 0.6) is 5.75 Å². The highest BCUT2D eigenvalue weighted by molar-refractivity contribution is 6.32. The van der Waals surface area contributed by atoms with E-state index in [0.29, 0.717) is 11.3 Å². The highest BCUT2D eigenvalue weighted by Gasteiger charge is 2.08. The van der Waals surface area contributed by atoms with Gasteiger partial charge in [0.25, 0.3) is 0 Å². The Morgan fingerprint density at radius 3 is 2.19 bits per heavy atom. The maximum Gasteiger partial charge on any atom is 0.200 e. The molecular formula is C18H19ClO2. The summed E-state index contributed by atoms with van der Waals surface area (Å²) >= 11 is 6.11. The van der Waals surface area contributed by atoms with Gasteiger partial charge < -0.3 is 4.74 Å². The number of aryl methyl sites for hydroxylation is 3. The van der Waals surface area contributed by atoms with Crippen molar-refractivity contribution in [2.24, 2.45) is 0 Å². The second-order valence-electron chi connectivity index (χ2n) is 5.13. The fourth-order valence-corrected chi connectivity index (χ4v) is 2.26. The second kappa shape index (κ2) is 6.77. The average molecular weight is 303 g/mol. The molecule has 0 saturated heterocycles. The van der Waals surface area contributed by atoms with E-state index in [-0.39, 0.29) is 12.4 Å². The lowest BCUT2D eigenvalue weighted by Crippen LogP contribution is -2.11. The van der Waals surface area contributed by atoms with Gasteiger partial charge in [0.2, 0.25) is 0 Å². The summed E-state index contributed by atoms with van der Waals surface area (Å²) in [5.74, 6) is 0.649. The lowest BCUT2D eigenvalue weighted by atomic mass is 10.1. The van der Waals surface area contributed by atoms with Gasteiger partial charge in [-0.15, -0.1) is 0 Å². The molecule has 0 spiro atoms. The van der Waals surface area contributed by atoms with Crippen molar-refractivity contribution in [3.05, 3.63) is 63.7 Å². The molecule has 0 bridgehead atoms.